The number of hydrogen-bond acceptors (Lipinski definition) is 4. The van der Waals surface area contributed by atoms with Gasteiger partial charge in [-0.2, -0.15) is 5.26 Å². The molecular formula is C15H14ClFN2O3. The number of carbonyl (C=O) groups is 2. The van der Waals surface area contributed by atoms with Gasteiger partial charge in [0.2, 0.25) is 0 Å². The quantitative estimate of drug-likeness (QED) is 0.595. The monoisotopic (exact) mass is 324 g/mol. The number of nitrogens with zero attached hydrogens (tertiary/aromatic N) is 2. The van der Waals surface area contributed by atoms with E-state index in [2.05, 4.69) is 0 Å². The number of carbonyl (C=O) groups excluding carboxylic acids is 2. The SMILES string of the molecule is CN(CCC#N)C(=O)COC(=O)/C=C/c1ccc(F)c(Cl)c1. The van der Waals surface area contributed by atoms with E-state index in [1.165, 1.54) is 36.2 Å². The highest BCUT2D eigenvalue weighted by Gasteiger charge is 2.10. The number of rotatable bonds is 6. The Morgan fingerprint density at radius 3 is 2.86 bits per heavy atom. The Morgan fingerprint density at radius 1 is 1.50 bits per heavy atom. The summed E-state index contributed by atoms with van der Waals surface area (Å²) in [6.07, 6.45) is 2.73. The van der Waals surface area contributed by atoms with Gasteiger partial charge in [0.15, 0.2) is 6.61 Å². The van der Waals surface area contributed by atoms with E-state index in [-0.39, 0.29) is 18.0 Å². The van der Waals surface area contributed by atoms with Gasteiger partial charge in [-0.3, -0.25) is 4.79 Å². The Balaban J connectivity index is 2.46. The summed E-state index contributed by atoms with van der Waals surface area (Å²) < 4.78 is 17.7. The molecule has 7 heteroatoms. The molecule has 0 radical (unpaired) electrons. The molecule has 0 N–H and O–H groups in total. The van der Waals surface area contributed by atoms with Crippen LogP contribution in [-0.4, -0.2) is 37.0 Å². The zero-order valence-corrected chi connectivity index (χ0v) is 12.6. The van der Waals surface area contributed by atoms with Crippen LogP contribution in [0.15, 0.2) is 24.3 Å². The molecule has 0 aliphatic carbocycles. The summed E-state index contributed by atoms with van der Waals surface area (Å²) in [5.74, 6) is -1.66. The molecule has 0 aliphatic rings. The summed E-state index contributed by atoms with van der Waals surface area (Å²) >= 11 is 5.61. The fourth-order valence-corrected chi connectivity index (χ4v) is 1.60. The number of halogens is 2. The zero-order chi connectivity index (χ0) is 16.5. The summed E-state index contributed by atoms with van der Waals surface area (Å²) in [6.45, 7) is -0.133. The van der Waals surface area contributed by atoms with Crippen LogP contribution < -0.4 is 0 Å². The fraction of sp³-hybridized carbons (Fsp3) is 0.267. The summed E-state index contributed by atoms with van der Waals surface area (Å²) in [7, 11) is 1.52. The third-order valence-electron chi connectivity index (χ3n) is 2.68. The molecule has 0 bridgehead atoms. The van der Waals surface area contributed by atoms with E-state index in [9.17, 15) is 14.0 Å². The van der Waals surface area contributed by atoms with Gasteiger partial charge in [0, 0.05) is 19.7 Å². The number of hydrogen-bond donors (Lipinski definition) is 0. The Labute approximate surface area is 132 Å². The van der Waals surface area contributed by atoms with Gasteiger partial charge in [-0.05, 0) is 23.8 Å². The van der Waals surface area contributed by atoms with Gasteiger partial charge < -0.3 is 9.64 Å². The van der Waals surface area contributed by atoms with Crippen molar-refractivity contribution in [3.05, 3.63) is 40.7 Å². The minimum atomic E-state index is -0.706. The average Bonchev–Trinajstić information content (AvgIpc) is 2.51. The van der Waals surface area contributed by atoms with Crippen LogP contribution in [0.25, 0.3) is 6.08 Å². The number of nitriles is 1. The molecule has 1 rings (SSSR count). The molecule has 1 aromatic carbocycles. The average molecular weight is 325 g/mol. The Bertz CT molecular complexity index is 626. The van der Waals surface area contributed by atoms with E-state index in [1.54, 1.807) is 0 Å². The first-order chi connectivity index (χ1) is 10.4. The Morgan fingerprint density at radius 2 is 2.23 bits per heavy atom. The van der Waals surface area contributed by atoms with E-state index in [4.69, 9.17) is 21.6 Å². The maximum absolute atomic E-state index is 13.0. The second kappa shape index (κ2) is 8.80. The number of likely N-dealkylation sites (N-methyl/N-ethyl adjacent to an activating group) is 1. The molecule has 0 saturated heterocycles. The van der Waals surface area contributed by atoms with Gasteiger partial charge in [0.1, 0.15) is 5.82 Å². The highest BCUT2D eigenvalue weighted by atomic mass is 35.5. The Hall–Kier alpha value is -2.39. The third-order valence-corrected chi connectivity index (χ3v) is 2.97. The topological polar surface area (TPSA) is 70.4 Å². The van der Waals surface area contributed by atoms with Crippen LogP contribution in [0.4, 0.5) is 4.39 Å². The third kappa shape index (κ3) is 5.94. The highest BCUT2D eigenvalue weighted by molar-refractivity contribution is 6.30. The highest BCUT2D eigenvalue weighted by Crippen LogP contribution is 2.16. The molecule has 0 fully saturated rings. The van der Waals surface area contributed by atoms with Crippen LogP contribution in [0.5, 0.6) is 0 Å². The van der Waals surface area contributed by atoms with Gasteiger partial charge in [0.05, 0.1) is 17.5 Å². The van der Waals surface area contributed by atoms with Crippen LogP contribution in [0.2, 0.25) is 5.02 Å². The minimum absolute atomic E-state index is 0.0511. The molecule has 22 heavy (non-hydrogen) atoms. The van der Waals surface area contributed by atoms with Crippen molar-refractivity contribution < 1.29 is 18.7 Å². The molecule has 0 aromatic heterocycles. The van der Waals surface area contributed by atoms with Crippen molar-refractivity contribution in [1.29, 1.82) is 5.26 Å². The molecule has 0 unspecified atom stereocenters. The summed E-state index contributed by atoms with van der Waals surface area (Å²) in [5.41, 5.74) is 0.529. The van der Waals surface area contributed by atoms with E-state index in [1.807, 2.05) is 6.07 Å². The van der Waals surface area contributed by atoms with Gasteiger partial charge in [-0.15, -0.1) is 0 Å². The van der Waals surface area contributed by atoms with Crippen LogP contribution in [0.3, 0.4) is 0 Å². The Kier molecular flexibility index (Phi) is 7.06. The smallest absolute Gasteiger partial charge is 0.331 e. The summed E-state index contributed by atoms with van der Waals surface area (Å²) in [5, 5.41) is 8.36. The lowest BCUT2D eigenvalue weighted by molar-refractivity contribution is -0.147. The molecule has 0 heterocycles. The van der Waals surface area contributed by atoms with Gasteiger partial charge in [-0.25, -0.2) is 9.18 Å². The van der Waals surface area contributed by atoms with Crippen LogP contribution >= 0.6 is 11.6 Å². The molecule has 1 amide bonds. The van der Waals surface area contributed by atoms with E-state index in [0.717, 1.165) is 6.08 Å². The van der Waals surface area contributed by atoms with Crippen molar-refractivity contribution in [3.8, 4) is 6.07 Å². The van der Waals surface area contributed by atoms with Crippen LogP contribution in [0, 0.1) is 17.1 Å². The van der Waals surface area contributed by atoms with Crippen molar-refractivity contribution in [1.82, 2.24) is 4.90 Å². The second-order valence-electron chi connectivity index (χ2n) is 4.34. The lowest BCUT2D eigenvalue weighted by atomic mass is 10.2. The molecular weight excluding hydrogens is 311 g/mol. The van der Waals surface area contributed by atoms with Crippen molar-refractivity contribution in [2.75, 3.05) is 20.2 Å². The number of ether oxygens (including phenoxy) is 1. The minimum Gasteiger partial charge on any atom is -0.452 e. The van der Waals surface area contributed by atoms with E-state index < -0.39 is 24.3 Å². The first kappa shape index (κ1) is 17.7. The molecule has 0 atom stereocenters. The molecule has 116 valence electrons. The van der Waals surface area contributed by atoms with Crippen molar-refractivity contribution >= 4 is 29.6 Å². The summed E-state index contributed by atoms with van der Waals surface area (Å²) in [6, 6.07) is 5.91. The lowest BCUT2D eigenvalue weighted by Crippen LogP contribution is -2.31. The fourth-order valence-electron chi connectivity index (χ4n) is 1.41. The second-order valence-corrected chi connectivity index (χ2v) is 4.75. The first-order valence-corrected chi connectivity index (χ1v) is 6.72. The van der Waals surface area contributed by atoms with Crippen LogP contribution in [-0.2, 0) is 14.3 Å². The number of benzene rings is 1. The van der Waals surface area contributed by atoms with E-state index in [0.29, 0.717) is 5.56 Å². The van der Waals surface area contributed by atoms with E-state index >= 15 is 0 Å². The maximum atomic E-state index is 13.0. The predicted molar refractivity (Wildman–Crippen MR) is 79.3 cm³/mol. The normalized spacial score (nSPS) is 10.3. The standard InChI is InChI=1S/C15H14ClFN2O3/c1-19(8-2-7-18)14(20)10-22-15(21)6-4-11-3-5-13(17)12(16)9-11/h3-6,9H,2,8,10H2,1H3/b6-4+. The molecule has 0 saturated carbocycles. The zero-order valence-electron chi connectivity index (χ0n) is 11.9. The predicted octanol–water partition coefficient (Wildman–Crippen LogP) is 2.41. The molecule has 0 aliphatic heterocycles. The van der Waals surface area contributed by atoms with Crippen molar-refractivity contribution in [2.24, 2.45) is 0 Å². The maximum Gasteiger partial charge on any atom is 0.331 e. The molecule has 1 aromatic rings. The first-order valence-electron chi connectivity index (χ1n) is 6.35. The number of esters is 1. The lowest BCUT2D eigenvalue weighted by Gasteiger charge is -2.14. The molecule has 5 nitrogen and oxygen atoms in total. The van der Waals surface area contributed by atoms with Gasteiger partial charge in [0.25, 0.3) is 5.91 Å². The van der Waals surface area contributed by atoms with Crippen molar-refractivity contribution in [2.45, 2.75) is 6.42 Å². The van der Waals surface area contributed by atoms with Crippen LogP contribution in [0.1, 0.15) is 12.0 Å². The van der Waals surface area contributed by atoms with Gasteiger partial charge >= 0.3 is 5.97 Å². The van der Waals surface area contributed by atoms with Crippen molar-refractivity contribution in [3.63, 3.8) is 0 Å². The van der Waals surface area contributed by atoms with Gasteiger partial charge in [-0.1, -0.05) is 17.7 Å². The largest absolute Gasteiger partial charge is 0.452 e. The number of amides is 1. The summed E-state index contributed by atoms with van der Waals surface area (Å²) in [4.78, 5) is 24.3. The molecule has 0 spiro atoms.